The van der Waals surface area contributed by atoms with Crippen molar-refractivity contribution in [1.82, 2.24) is 4.57 Å². The highest BCUT2D eigenvalue weighted by molar-refractivity contribution is 14.1. The van der Waals surface area contributed by atoms with Gasteiger partial charge in [0.1, 0.15) is 0 Å². The number of hydrogen-bond donors (Lipinski definition) is 0. The van der Waals surface area contributed by atoms with Crippen LogP contribution in [0.1, 0.15) is 37.7 Å². The van der Waals surface area contributed by atoms with Crippen molar-refractivity contribution in [2.24, 2.45) is 0 Å². The number of nitrogens with zero attached hydrogens (tertiary/aromatic N) is 1. The molecule has 0 aliphatic carbocycles. The number of ketones is 1. The Morgan fingerprint density at radius 3 is 2.22 bits per heavy atom. The van der Waals surface area contributed by atoms with Crippen LogP contribution in [0.15, 0.2) is 54.6 Å². The fourth-order valence-corrected chi connectivity index (χ4v) is 3.37. The molecule has 5 heteroatoms. The molecule has 0 saturated heterocycles. The summed E-state index contributed by atoms with van der Waals surface area (Å²) in [6.07, 6.45) is 0. The van der Waals surface area contributed by atoms with E-state index >= 15 is 0 Å². The van der Waals surface area contributed by atoms with Gasteiger partial charge >= 0.3 is 5.97 Å². The molecule has 0 amide bonds. The van der Waals surface area contributed by atoms with E-state index in [1.54, 1.807) is 12.1 Å². The molecule has 1 aromatic heterocycles. The van der Waals surface area contributed by atoms with E-state index in [2.05, 4.69) is 22.6 Å². The van der Waals surface area contributed by atoms with E-state index in [9.17, 15) is 9.59 Å². The lowest BCUT2D eigenvalue weighted by Crippen LogP contribution is -2.15. The predicted octanol–water partition coefficient (Wildman–Crippen LogP) is 5.05. The second-order valence-electron chi connectivity index (χ2n) is 6.46. The average molecular weight is 473 g/mol. The number of carbonyl (C=O) groups excluding carboxylic acids is 2. The van der Waals surface area contributed by atoms with E-state index in [1.807, 2.05) is 67.8 Å². The number of aromatic nitrogens is 1. The minimum Gasteiger partial charge on any atom is -0.454 e. The molecule has 0 fully saturated rings. The first-order valence-corrected chi connectivity index (χ1v) is 9.66. The third kappa shape index (κ3) is 4.30. The lowest BCUT2D eigenvalue weighted by atomic mass is 10.1. The maximum atomic E-state index is 12.6. The highest BCUT2D eigenvalue weighted by atomic mass is 127. The van der Waals surface area contributed by atoms with Gasteiger partial charge in [-0.05, 0) is 85.8 Å². The Hall–Kier alpha value is -2.41. The van der Waals surface area contributed by atoms with Crippen molar-refractivity contribution in [2.45, 2.75) is 20.8 Å². The van der Waals surface area contributed by atoms with Crippen LogP contribution < -0.4 is 0 Å². The van der Waals surface area contributed by atoms with Gasteiger partial charge < -0.3 is 9.30 Å². The molecule has 27 heavy (non-hydrogen) atoms. The van der Waals surface area contributed by atoms with Crippen molar-refractivity contribution in [3.05, 3.63) is 86.2 Å². The number of rotatable bonds is 5. The van der Waals surface area contributed by atoms with Gasteiger partial charge in [0, 0.05) is 26.2 Å². The van der Waals surface area contributed by atoms with Gasteiger partial charge in [-0.15, -0.1) is 0 Å². The molecule has 0 spiro atoms. The third-order valence-electron chi connectivity index (χ3n) is 4.44. The van der Waals surface area contributed by atoms with Crippen molar-refractivity contribution in [2.75, 3.05) is 6.61 Å². The van der Waals surface area contributed by atoms with E-state index in [0.717, 1.165) is 20.6 Å². The Morgan fingerprint density at radius 2 is 1.59 bits per heavy atom. The summed E-state index contributed by atoms with van der Waals surface area (Å²) in [7, 11) is 0. The van der Waals surface area contributed by atoms with Crippen LogP contribution in [0.4, 0.5) is 0 Å². The summed E-state index contributed by atoms with van der Waals surface area (Å²) in [5.41, 5.74) is 5.00. The van der Waals surface area contributed by atoms with Crippen LogP contribution in [0.3, 0.4) is 0 Å². The highest BCUT2D eigenvalue weighted by Gasteiger charge is 2.18. The largest absolute Gasteiger partial charge is 0.454 e. The number of aryl methyl sites for hydroxylation is 2. The van der Waals surface area contributed by atoms with Gasteiger partial charge in [0.25, 0.3) is 0 Å². The van der Waals surface area contributed by atoms with Gasteiger partial charge in [-0.3, -0.25) is 4.79 Å². The molecule has 0 atom stereocenters. The van der Waals surface area contributed by atoms with Crippen LogP contribution in [-0.4, -0.2) is 22.9 Å². The molecular formula is C22H20INO3. The van der Waals surface area contributed by atoms with Crippen LogP contribution >= 0.6 is 22.6 Å². The molecule has 0 radical (unpaired) electrons. The maximum Gasteiger partial charge on any atom is 0.338 e. The van der Waals surface area contributed by atoms with Gasteiger partial charge in [-0.2, -0.15) is 0 Å². The van der Waals surface area contributed by atoms with E-state index in [0.29, 0.717) is 11.1 Å². The average Bonchev–Trinajstić information content (AvgIpc) is 2.95. The maximum absolute atomic E-state index is 12.6. The molecule has 0 bridgehead atoms. The number of halogens is 1. The summed E-state index contributed by atoms with van der Waals surface area (Å²) in [5, 5.41) is 0. The number of benzene rings is 2. The van der Waals surface area contributed by atoms with Crippen molar-refractivity contribution in [3.8, 4) is 5.69 Å². The summed E-state index contributed by atoms with van der Waals surface area (Å²) in [5.74, 6) is -0.701. The third-order valence-corrected chi connectivity index (χ3v) is 5.16. The van der Waals surface area contributed by atoms with Gasteiger partial charge in [-0.1, -0.05) is 17.7 Å². The standard InChI is InChI=1S/C22H20INO3/c1-14-4-10-19(11-5-14)24-15(2)12-20(16(24)3)21(25)13-27-22(26)17-6-8-18(23)9-7-17/h4-12H,13H2,1-3H3. The van der Waals surface area contributed by atoms with Crippen LogP contribution in [-0.2, 0) is 4.74 Å². The van der Waals surface area contributed by atoms with Gasteiger partial charge in [0.15, 0.2) is 6.61 Å². The normalized spacial score (nSPS) is 10.7. The monoisotopic (exact) mass is 473 g/mol. The number of hydrogen-bond acceptors (Lipinski definition) is 3. The zero-order chi connectivity index (χ0) is 19.6. The number of ether oxygens (including phenoxy) is 1. The van der Waals surface area contributed by atoms with Gasteiger partial charge in [0.2, 0.25) is 5.78 Å². The minimum atomic E-state index is -0.493. The lowest BCUT2D eigenvalue weighted by molar-refractivity contribution is 0.0474. The number of carbonyl (C=O) groups is 2. The van der Waals surface area contributed by atoms with Crippen LogP contribution in [0.5, 0.6) is 0 Å². The summed E-state index contributed by atoms with van der Waals surface area (Å²) in [6.45, 7) is 5.63. The van der Waals surface area contributed by atoms with E-state index in [1.165, 1.54) is 5.56 Å². The highest BCUT2D eigenvalue weighted by Crippen LogP contribution is 2.22. The molecule has 0 saturated carbocycles. The summed E-state index contributed by atoms with van der Waals surface area (Å²) < 4.78 is 8.28. The molecular weight excluding hydrogens is 453 g/mol. The Morgan fingerprint density at radius 1 is 0.963 bits per heavy atom. The molecule has 3 rings (SSSR count). The number of esters is 1. The minimum absolute atomic E-state index is 0.208. The quantitative estimate of drug-likeness (QED) is 0.296. The fraction of sp³-hybridized carbons (Fsp3) is 0.182. The number of Topliss-reactive ketones (excluding diaryl/α,β-unsaturated/α-hetero) is 1. The van der Waals surface area contributed by atoms with E-state index < -0.39 is 5.97 Å². The smallest absolute Gasteiger partial charge is 0.338 e. The van der Waals surface area contributed by atoms with Crippen molar-refractivity contribution in [1.29, 1.82) is 0 Å². The molecule has 1 heterocycles. The molecule has 138 valence electrons. The van der Waals surface area contributed by atoms with Gasteiger partial charge in [0.05, 0.1) is 5.56 Å². The second-order valence-corrected chi connectivity index (χ2v) is 7.71. The molecule has 0 N–H and O–H groups in total. The van der Waals surface area contributed by atoms with E-state index in [4.69, 9.17) is 4.74 Å². The van der Waals surface area contributed by atoms with E-state index in [-0.39, 0.29) is 12.4 Å². The summed E-state index contributed by atoms with van der Waals surface area (Å²) in [4.78, 5) is 24.7. The molecule has 2 aromatic carbocycles. The fourth-order valence-electron chi connectivity index (χ4n) is 3.01. The first kappa shape index (κ1) is 19.4. The SMILES string of the molecule is Cc1ccc(-n2c(C)cc(C(=O)COC(=O)c3ccc(I)cc3)c2C)cc1. The zero-order valence-electron chi connectivity index (χ0n) is 15.5. The molecule has 0 aliphatic heterocycles. The molecule has 0 unspecified atom stereocenters. The first-order chi connectivity index (χ1) is 12.9. The first-order valence-electron chi connectivity index (χ1n) is 8.58. The summed E-state index contributed by atoms with van der Waals surface area (Å²) >= 11 is 2.17. The Bertz CT molecular complexity index is 986. The molecule has 0 aliphatic rings. The van der Waals surface area contributed by atoms with Crippen LogP contribution in [0.25, 0.3) is 5.69 Å². The summed E-state index contributed by atoms with van der Waals surface area (Å²) in [6, 6.07) is 17.0. The van der Waals surface area contributed by atoms with Crippen LogP contribution in [0.2, 0.25) is 0 Å². The topological polar surface area (TPSA) is 48.3 Å². The zero-order valence-corrected chi connectivity index (χ0v) is 17.6. The van der Waals surface area contributed by atoms with Gasteiger partial charge in [-0.25, -0.2) is 4.79 Å². The predicted molar refractivity (Wildman–Crippen MR) is 114 cm³/mol. The van der Waals surface area contributed by atoms with Crippen molar-refractivity contribution in [3.63, 3.8) is 0 Å². The molecule has 3 aromatic rings. The van der Waals surface area contributed by atoms with Crippen LogP contribution in [0, 0.1) is 24.3 Å². The Labute approximate surface area is 172 Å². The van der Waals surface area contributed by atoms with Crippen molar-refractivity contribution >= 4 is 34.3 Å². The second kappa shape index (κ2) is 8.08. The lowest BCUT2D eigenvalue weighted by Gasteiger charge is -2.10. The Balaban J connectivity index is 1.75. The van der Waals surface area contributed by atoms with Crippen molar-refractivity contribution < 1.29 is 14.3 Å². The molecule has 4 nitrogen and oxygen atoms in total. The Kier molecular flexibility index (Phi) is 5.79.